The van der Waals surface area contributed by atoms with Crippen molar-refractivity contribution in [2.75, 3.05) is 6.54 Å². The van der Waals surface area contributed by atoms with E-state index in [2.05, 4.69) is 82.1 Å². The smallest absolute Gasteiger partial charge is 0.0374 e. The molecule has 1 atom stereocenters. The lowest BCUT2D eigenvalue weighted by Gasteiger charge is -2.19. The van der Waals surface area contributed by atoms with Crippen molar-refractivity contribution in [2.24, 2.45) is 0 Å². The molecule has 0 aliphatic rings. The molecule has 0 saturated heterocycles. The highest BCUT2D eigenvalue weighted by molar-refractivity contribution is 9.10. The van der Waals surface area contributed by atoms with Crippen molar-refractivity contribution in [1.29, 1.82) is 0 Å². The van der Waals surface area contributed by atoms with Crippen LogP contribution in [0.5, 0.6) is 0 Å². The van der Waals surface area contributed by atoms with E-state index in [1.165, 1.54) is 25.7 Å². The van der Waals surface area contributed by atoms with E-state index in [0.717, 1.165) is 13.0 Å². The highest BCUT2D eigenvalue weighted by Crippen LogP contribution is 2.29. The van der Waals surface area contributed by atoms with E-state index < -0.39 is 0 Å². The minimum atomic E-state index is 0.353. The Balaban J connectivity index is 1.98. The molecule has 3 rings (SSSR count). The van der Waals surface area contributed by atoms with Gasteiger partial charge in [-0.15, -0.1) is 11.3 Å². The Kier molecular flexibility index (Phi) is 4.73. The molecule has 0 aliphatic carbocycles. The van der Waals surface area contributed by atoms with Gasteiger partial charge in [-0.05, 0) is 44.9 Å². The highest BCUT2D eigenvalue weighted by atomic mass is 79.9. The first-order valence-corrected chi connectivity index (χ1v) is 8.89. The second-order valence-electron chi connectivity index (χ2n) is 5.11. The van der Waals surface area contributed by atoms with Crippen LogP contribution in [0.4, 0.5) is 0 Å². The van der Waals surface area contributed by atoms with Crippen molar-refractivity contribution in [3.63, 3.8) is 0 Å². The van der Waals surface area contributed by atoms with Crippen LogP contribution in [0.15, 0.2) is 58.4 Å². The monoisotopic (exact) mass is 359 g/mol. The quantitative estimate of drug-likeness (QED) is 0.628. The standard InChI is InChI=1S/C18H18BrNS/c1-2-20-18(11-15-10-14(19)12-21-15)17-9-5-7-13-6-3-4-8-16(13)17/h3-10,12,18,20H,2,11H2,1H3. The molecule has 0 bridgehead atoms. The molecule has 0 spiro atoms. The first-order chi connectivity index (χ1) is 10.3. The van der Waals surface area contributed by atoms with E-state index in [9.17, 15) is 0 Å². The number of rotatable bonds is 5. The Morgan fingerprint density at radius 1 is 1.14 bits per heavy atom. The van der Waals surface area contributed by atoms with Gasteiger partial charge in [-0.1, -0.05) is 49.4 Å². The van der Waals surface area contributed by atoms with Crippen LogP contribution >= 0.6 is 27.3 Å². The van der Waals surface area contributed by atoms with Crippen LogP contribution in [0.25, 0.3) is 10.8 Å². The molecule has 0 radical (unpaired) electrons. The fraction of sp³-hybridized carbons (Fsp3) is 0.222. The predicted molar refractivity (Wildman–Crippen MR) is 96.1 cm³/mol. The van der Waals surface area contributed by atoms with Crippen molar-refractivity contribution < 1.29 is 0 Å². The van der Waals surface area contributed by atoms with Crippen LogP contribution in [0.1, 0.15) is 23.4 Å². The van der Waals surface area contributed by atoms with Crippen LogP contribution in [0.2, 0.25) is 0 Å². The summed E-state index contributed by atoms with van der Waals surface area (Å²) in [5.41, 5.74) is 1.39. The van der Waals surface area contributed by atoms with Crippen molar-refractivity contribution in [2.45, 2.75) is 19.4 Å². The Morgan fingerprint density at radius 3 is 2.71 bits per heavy atom. The van der Waals surface area contributed by atoms with Crippen LogP contribution in [0, 0.1) is 0 Å². The predicted octanol–water partition coefficient (Wildman–Crippen LogP) is 5.56. The maximum atomic E-state index is 3.64. The topological polar surface area (TPSA) is 12.0 Å². The molecule has 0 saturated carbocycles. The zero-order valence-corrected chi connectivity index (χ0v) is 14.4. The van der Waals surface area contributed by atoms with Crippen molar-refractivity contribution in [3.05, 3.63) is 68.8 Å². The zero-order valence-electron chi connectivity index (χ0n) is 12.0. The van der Waals surface area contributed by atoms with Crippen molar-refractivity contribution >= 4 is 38.0 Å². The number of hydrogen-bond acceptors (Lipinski definition) is 2. The lowest BCUT2D eigenvalue weighted by Crippen LogP contribution is -2.22. The van der Waals surface area contributed by atoms with Gasteiger partial charge < -0.3 is 5.32 Å². The molecule has 0 aliphatic heterocycles. The van der Waals surface area contributed by atoms with E-state index in [1.54, 1.807) is 0 Å². The summed E-state index contributed by atoms with van der Waals surface area (Å²) >= 11 is 5.36. The van der Waals surface area contributed by atoms with E-state index >= 15 is 0 Å². The average Bonchev–Trinajstić information content (AvgIpc) is 2.91. The average molecular weight is 360 g/mol. The van der Waals surface area contributed by atoms with Gasteiger partial charge in [0.05, 0.1) is 0 Å². The summed E-state index contributed by atoms with van der Waals surface area (Å²) in [5, 5.41) is 8.45. The minimum absolute atomic E-state index is 0.353. The van der Waals surface area contributed by atoms with E-state index in [4.69, 9.17) is 0 Å². The van der Waals surface area contributed by atoms with Crippen molar-refractivity contribution in [1.82, 2.24) is 5.32 Å². The third kappa shape index (κ3) is 3.37. The molecule has 0 fully saturated rings. The minimum Gasteiger partial charge on any atom is -0.310 e. The Hall–Kier alpha value is -1.16. The van der Waals surface area contributed by atoms with Gasteiger partial charge in [0.2, 0.25) is 0 Å². The molecule has 1 N–H and O–H groups in total. The normalized spacial score (nSPS) is 12.7. The lowest BCUT2D eigenvalue weighted by atomic mass is 9.96. The first kappa shape index (κ1) is 14.8. The molecule has 1 heterocycles. The summed E-state index contributed by atoms with van der Waals surface area (Å²) in [7, 11) is 0. The van der Waals surface area contributed by atoms with Crippen LogP contribution in [-0.4, -0.2) is 6.54 Å². The van der Waals surface area contributed by atoms with Crippen LogP contribution in [0.3, 0.4) is 0 Å². The highest BCUT2D eigenvalue weighted by Gasteiger charge is 2.14. The zero-order chi connectivity index (χ0) is 14.7. The SMILES string of the molecule is CCNC(Cc1cc(Br)cs1)c1cccc2ccccc12. The fourth-order valence-electron chi connectivity index (χ4n) is 2.75. The maximum absolute atomic E-state index is 3.64. The van der Waals surface area contributed by atoms with Gasteiger partial charge in [-0.2, -0.15) is 0 Å². The molecule has 2 aromatic carbocycles. The Labute approximate surface area is 138 Å². The van der Waals surface area contributed by atoms with Gasteiger partial charge in [0.1, 0.15) is 0 Å². The van der Waals surface area contributed by atoms with Crippen LogP contribution in [-0.2, 0) is 6.42 Å². The second kappa shape index (κ2) is 6.73. The molecule has 1 unspecified atom stereocenters. The van der Waals surface area contributed by atoms with Crippen molar-refractivity contribution in [3.8, 4) is 0 Å². The molecule has 1 aromatic heterocycles. The van der Waals surface area contributed by atoms with E-state index in [-0.39, 0.29) is 0 Å². The van der Waals surface area contributed by atoms with Gasteiger partial charge in [-0.25, -0.2) is 0 Å². The molecular weight excluding hydrogens is 342 g/mol. The molecule has 3 aromatic rings. The summed E-state index contributed by atoms with van der Waals surface area (Å²) in [5.74, 6) is 0. The lowest BCUT2D eigenvalue weighted by molar-refractivity contribution is 0.557. The number of thiophene rings is 1. The van der Waals surface area contributed by atoms with Gasteiger partial charge in [-0.3, -0.25) is 0 Å². The molecule has 0 amide bonds. The first-order valence-electron chi connectivity index (χ1n) is 7.22. The van der Waals surface area contributed by atoms with E-state index in [1.807, 2.05) is 11.3 Å². The summed E-state index contributed by atoms with van der Waals surface area (Å²) in [4.78, 5) is 1.40. The third-order valence-electron chi connectivity index (χ3n) is 3.68. The van der Waals surface area contributed by atoms with E-state index in [0.29, 0.717) is 6.04 Å². The summed E-state index contributed by atoms with van der Waals surface area (Å²) in [6.07, 6.45) is 1.03. The number of halogens is 1. The van der Waals surface area contributed by atoms with Gasteiger partial charge in [0, 0.05) is 27.2 Å². The molecule has 1 nitrogen and oxygen atoms in total. The van der Waals surface area contributed by atoms with Gasteiger partial charge in [0.15, 0.2) is 0 Å². The summed E-state index contributed by atoms with van der Waals surface area (Å²) in [6.45, 7) is 3.14. The van der Waals surface area contributed by atoms with Crippen LogP contribution < -0.4 is 5.32 Å². The number of hydrogen-bond donors (Lipinski definition) is 1. The summed E-state index contributed by atoms with van der Waals surface area (Å²) < 4.78 is 1.18. The second-order valence-corrected chi connectivity index (χ2v) is 7.03. The molecule has 3 heteroatoms. The molecular formula is C18H18BrNS. The Bertz CT molecular complexity index is 729. The number of fused-ring (bicyclic) bond motifs is 1. The van der Waals surface area contributed by atoms with Gasteiger partial charge in [0.25, 0.3) is 0 Å². The maximum Gasteiger partial charge on any atom is 0.0374 e. The number of benzene rings is 2. The number of nitrogens with one attached hydrogen (secondary N) is 1. The fourth-order valence-corrected chi connectivity index (χ4v) is 4.25. The largest absolute Gasteiger partial charge is 0.310 e. The molecule has 108 valence electrons. The summed E-state index contributed by atoms with van der Waals surface area (Å²) in [6, 6.07) is 17.8. The third-order valence-corrected chi connectivity index (χ3v) is 5.40. The Morgan fingerprint density at radius 2 is 1.95 bits per heavy atom. The molecule has 21 heavy (non-hydrogen) atoms. The number of likely N-dealkylation sites (N-methyl/N-ethyl adjacent to an activating group) is 1. The van der Waals surface area contributed by atoms with Gasteiger partial charge >= 0.3 is 0 Å².